The van der Waals surface area contributed by atoms with Crippen molar-refractivity contribution in [1.29, 1.82) is 0 Å². The SMILES string of the molecule is C=C(N)NC(=O)O. The molecule has 0 unspecified atom stereocenters. The maximum absolute atomic E-state index is 9.56. The number of nitrogens with two attached hydrogens (primary N) is 1. The van der Waals surface area contributed by atoms with Gasteiger partial charge in [-0.15, -0.1) is 0 Å². The van der Waals surface area contributed by atoms with Crippen LogP contribution < -0.4 is 11.1 Å². The molecule has 0 saturated heterocycles. The molecule has 4 heteroatoms. The van der Waals surface area contributed by atoms with Gasteiger partial charge in [0.2, 0.25) is 0 Å². The van der Waals surface area contributed by atoms with E-state index in [1.807, 2.05) is 0 Å². The molecule has 0 atom stereocenters. The van der Waals surface area contributed by atoms with Crippen molar-refractivity contribution in [3.05, 3.63) is 12.4 Å². The number of nitrogens with one attached hydrogen (secondary N) is 1. The maximum Gasteiger partial charge on any atom is 0.410 e. The van der Waals surface area contributed by atoms with Gasteiger partial charge in [-0.25, -0.2) is 4.79 Å². The highest BCUT2D eigenvalue weighted by Gasteiger charge is 1.88. The van der Waals surface area contributed by atoms with Crippen LogP contribution in [0.1, 0.15) is 0 Å². The summed E-state index contributed by atoms with van der Waals surface area (Å²) in [4.78, 5) is 9.56. The normalized spacial score (nSPS) is 7.43. The van der Waals surface area contributed by atoms with Crippen LogP contribution in [0.2, 0.25) is 0 Å². The standard InChI is InChI=1S/C3H6N2O2/c1-2(4)5-3(6)7/h5H,1,4H2,(H,6,7). The topological polar surface area (TPSA) is 75.3 Å². The van der Waals surface area contributed by atoms with Crippen molar-refractivity contribution in [2.75, 3.05) is 0 Å². The highest BCUT2D eigenvalue weighted by Crippen LogP contribution is 1.64. The molecule has 0 heterocycles. The minimum atomic E-state index is -1.19. The molecule has 0 saturated carbocycles. The Balaban J connectivity index is 3.32. The summed E-state index contributed by atoms with van der Waals surface area (Å²) in [6.07, 6.45) is -1.19. The number of carboxylic acid groups (broad SMARTS) is 1. The second kappa shape index (κ2) is 2.07. The van der Waals surface area contributed by atoms with Crippen molar-refractivity contribution in [3.63, 3.8) is 0 Å². The van der Waals surface area contributed by atoms with Gasteiger partial charge in [0.1, 0.15) is 0 Å². The zero-order valence-electron chi connectivity index (χ0n) is 3.64. The largest absolute Gasteiger partial charge is 0.465 e. The van der Waals surface area contributed by atoms with Gasteiger partial charge in [-0.1, -0.05) is 6.58 Å². The number of carbonyl (C=O) groups is 1. The average molecular weight is 102 g/mol. The fourth-order valence-electron chi connectivity index (χ4n) is 0.137. The zero-order valence-corrected chi connectivity index (χ0v) is 3.64. The monoisotopic (exact) mass is 102 g/mol. The third-order valence-electron chi connectivity index (χ3n) is 0.267. The molecule has 0 aliphatic carbocycles. The minimum absolute atomic E-state index is 0.0625. The average Bonchev–Trinajstić information content (AvgIpc) is 1.27. The first-order chi connectivity index (χ1) is 3.13. The molecule has 0 aromatic heterocycles. The van der Waals surface area contributed by atoms with Gasteiger partial charge in [0.05, 0.1) is 5.82 Å². The third kappa shape index (κ3) is 4.81. The van der Waals surface area contributed by atoms with E-state index in [1.54, 1.807) is 5.32 Å². The molecule has 4 nitrogen and oxygen atoms in total. The number of amides is 1. The second-order valence-electron chi connectivity index (χ2n) is 0.955. The van der Waals surface area contributed by atoms with Gasteiger partial charge in [0, 0.05) is 0 Å². The fraction of sp³-hybridized carbons (Fsp3) is 0. The Hall–Kier alpha value is -1.19. The van der Waals surface area contributed by atoms with Crippen LogP contribution in [0.25, 0.3) is 0 Å². The molecule has 0 radical (unpaired) electrons. The molecule has 0 aromatic carbocycles. The van der Waals surface area contributed by atoms with Gasteiger partial charge in [0.25, 0.3) is 0 Å². The summed E-state index contributed by atoms with van der Waals surface area (Å²) in [6, 6.07) is 0. The Morgan fingerprint density at radius 3 is 2.29 bits per heavy atom. The van der Waals surface area contributed by atoms with Crippen molar-refractivity contribution in [1.82, 2.24) is 5.32 Å². The highest BCUT2D eigenvalue weighted by molar-refractivity contribution is 5.66. The number of hydrogen-bond donors (Lipinski definition) is 3. The van der Waals surface area contributed by atoms with Crippen molar-refractivity contribution in [3.8, 4) is 0 Å². The fourth-order valence-corrected chi connectivity index (χ4v) is 0.137. The molecule has 40 valence electrons. The summed E-state index contributed by atoms with van der Waals surface area (Å²) in [6.45, 7) is 3.08. The predicted octanol–water partition coefficient (Wildman–Crippen LogP) is -0.316. The first-order valence-electron chi connectivity index (χ1n) is 1.57. The molecule has 4 N–H and O–H groups in total. The molecule has 1 amide bonds. The lowest BCUT2D eigenvalue weighted by Crippen LogP contribution is -2.24. The maximum atomic E-state index is 9.56. The van der Waals surface area contributed by atoms with Crippen molar-refractivity contribution < 1.29 is 9.90 Å². The van der Waals surface area contributed by atoms with Crippen LogP contribution in [0.4, 0.5) is 4.79 Å². The van der Waals surface area contributed by atoms with E-state index in [9.17, 15) is 4.79 Å². The Labute approximate surface area is 40.6 Å². The van der Waals surface area contributed by atoms with Crippen LogP contribution in [-0.2, 0) is 0 Å². The van der Waals surface area contributed by atoms with E-state index in [2.05, 4.69) is 6.58 Å². The van der Waals surface area contributed by atoms with Gasteiger partial charge in [-0.3, -0.25) is 5.32 Å². The van der Waals surface area contributed by atoms with E-state index in [-0.39, 0.29) is 5.82 Å². The Morgan fingerprint density at radius 1 is 1.86 bits per heavy atom. The summed E-state index contributed by atoms with van der Waals surface area (Å²) in [5.74, 6) is -0.0625. The van der Waals surface area contributed by atoms with E-state index in [1.165, 1.54) is 0 Å². The van der Waals surface area contributed by atoms with Crippen LogP contribution in [0.5, 0.6) is 0 Å². The lowest BCUT2D eigenvalue weighted by atomic mass is 10.8. The minimum Gasteiger partial charge on any atom is -0.465 e. The summed E-state index contributed by atoms with van der Waals surface area (Å²) in [5, 5.41) is 9.64. The Kier molecular flexibility index (Phi) is 1.72. The summed E-state index contributed by atoms with van der Waals surface area (Å²) >= 11 is 0. The Morgan fingerprint density at radius 2 is 2.29 bits per heavy atom. The number of rotatable bonds is 1. The molecule has 7 heavy (non-hydrogen) atoms. The lowest BCUT2D eigenvalue weighted by Gasteiger charge is -1.92. The van der Waals surface area contributed by atoms with Crippen LogP contribution in [0.15, 0.2) is 12.4 Å². The van der Waals surface area contributed by atoms with Gasteiger partial charge < -0.3 is 10.8 Å². The molecule has 0 spiro atoms. The van der Waals surface area contributed by atoms with Crippen molar-refractivity contribution in [2.24, 2.45) is 5.73 Å². The highest BCUT2D eigenvalue weighted by atomic mass is 16.4. The molecule has 0 fully saturated rings. The summed E-state index contributed by atoms with van der Waals surface area (Å²) in [7, 11) is 0. The van der Waals surface area contributed by atoms with Gasteiger partial charge >= 0.3 is 6.09 Å². The molecule has 0 bridgehead atoms. The summed E-state index contributed by atoms with van der Waals surface area (Å²) < 4.78 is 0. The van der Waals surface area contributed by atoms with Gasteiger partial charge in [0.15, 0.2) is 0 Å². The Bertz CT molecular complexity index is 87.1. The van der Waals surface area contributed by atoms with Crippen LogP contribution in [0, 0.1) is 0 Å². The summed E-state index contributed by atoms with van der Waals surface area (Å²) in [5.41, 5.74) is 4.81. The second-order valence-corrected chi connectivity index (χ2v) is 0.955. The molecule has 0 aliphatic rings. The van der Waals surface area contributed by atoms with Crippen molar-refractivity contribution in [2.45, 2.75) is 0 Å². The van der Waals surface area contributed by atoms with Gasteiger partial charge in [-0.2, -0.15) is 0 Å². The smallest absolute Gasteiger partial charge is 0.410 e. The molecular formula is C3H6N2O2. The van der Waals surface area contributed by atoms with Crippen LogP contribution in [-0.4, -0.2) is 11.2 Å². The van der Waals surface area contributed by atoms with Gasteiger partial charge in [-0.05, 0) is 0 Å². The molecule has 0 aromatic rings. The van der Waals surface area contributed by atoms with E-state index in [0.717, 1.165) is 0 Å². The van der Waals surface area contributed by atoms with E-state index in [0.29, 0.717) is 0 Å². The molecule has 0 rings (SSSR count). The predicted molar refractivity (Wildman–Crippen MR) is 24.5 cm³/mol. The van der Waals surface area contributed by atoms with E-state index < -0.39 is 6.09 Å². The third-order valence-corrected chi connectivity index (χ3v) is 0.267. The zero-order chi connectivity index (χ0) is 5.86. The van der Waals surface area contributed by atoms with E-state index >= 15 is 0 Å². The first-order valence-corrected chi connectivity index (χ1v) is 1.57. The van der Waals surface area contributed by atoms with Crippen LogP contribution >= 0.6 is 0 Å². The number of hydrogen-bond acceptors (Lipinski definition) is 2. The molecular weight excluding hydrogens is 96.0 g/mol. The van der Waals surface area contributed by atoms with E-state index in [4.69, 9.17) is 10.8 Å². The molecule has 0 aliphatic heterocycles. The quantitative estimate of drug-likeness (QED) is 0.425. The van der Waals surface area contributed by atoms with Crippen LogP contribution in [0.3, 0.4) is 0 Å². The van der Waals surface area contributed by atoms with Crippen molar-refractivity contribution >= 4 is 6.09 Å². The lowest BCUT2D eigenvalue weighted by molar-refractivity contribution is 0.197. The first kappa shape index (κ1) is 5.81.